The van der Waals surface area contributed by atoms with E-state index in [-0.39, 0.29) is 11.7 Å². The zero-order chi connectivity index (χ0) is 19.2. The Labute approximate surface area is 163 Å². The molecule has 27 heavy (non-hydrogen) atoms. The Balaban J connectivity index is 1.63. The van der Waals surface area contributed by atoms with Crippen molar-refractivity contribution in [3.63, 3.8) is 0 Å². The second kappa shape index (κ2) is 8.86. The SMILES string of the molecule is CCN(Cc1cccc(F)c1)C(=O)CSc1ncc(-c2ccccc2)n1C. The van der Waals surface area contributed by atoms with Crippen molar-refractivity contribution in [2.24, 2.45) is 7.05 Å². The van der Waals surface area contributed by atoms with E-state index in [0.29, 0.717) is 18.8 Å². The van der Waals surface area contributed by atoms with Crippen LogP contribution in [-0.4, -0.2) is 32.7 Å². The highest BCUT2D eigenvalue weighted by Gasteiger charge is 2.15. The van der Waals surface area contributed by atoms with Crippen LogP contribution in [-0.2, 0) is 18.4 Å². The van der Waals surface area contributed by atoms with Gasteiger partial charge < -0.3 is 9.47 Å². The van der Waals surface area contributed by atoms with Gasteiger partial charge in [0.2, 0.25) is 5.91 Å². The van der Waals surface area contributed by atoms with Gasteiger partial charge >= 0.3 is 0 Å². The van der Waals surface area contributed by atoms with Crippen LogP contribution in [0.15, 0.2) is 66.0 Å². The van der Waals surface area contributed by atoms with Crippen LogP contribution in [0.2, 0.25) is 0 Å². The molecule has 0 bridgehead atoms. The van der Waals surface area contributed by atoms with Crippen LogP contribution in [0.25, 0.3) is 11.3 Å². The number of carbonyl (C=O) groups excluding carboxylic acids is 1. The van der Waals surface area contributed by atoms with Crippen LogP contribution in [0.1, 0.15) is 12.5 Å². The second-order valence-electron chi connectivity index (χ2n) is 6.18. The fraction of sp³-hybridized carbons (Fsp3) is 0.238. The van der Waals surface area contributed by atoms with Crippen molar-refractivity contribution in [1.29, 1.82) is 0 Å². The van der Waals surface area contributed by atoms with Gasteiger partial charge in [0, 0.05) is 20.1 Å². The average Bonchev–Trinajstić information content (AvgIpc) is 3.05. The van der Waals surface area contributed by atoms with Crippen molar-refractivity contribution in [3.05, 3.63) is 72.2 Å². The number of hydrogen-bond acceptors (Lipinski definition) is 3. The van der Waals surface area contributed by atoms with Crippen molar-refractivity contribution in [2.75, 3.05) is 12.3 Å². The molecule has 0 saturated heterocycles. The van der Waals surface area contributed by atoms with Crippen molar-refractivity contribution in [3.8, 4) is 11.3 Å². The van der Waals surface area contributed by atoms with Crippen LogP contribution >= 0.6 is 11.8 Å². The largest absolute Gasteiger partial charge is 0.338 e. The first-order chi connectivity index (χ1) is 13.1. The summed E-state index contributed by atoms with van der Waals surface area (Å²) in [5.74, 6) is 0.0187. The first-order valence-electron chi connectivity index (χ1n) is 8.80. The topological polar surface area (TPSA) is 38.1 Å². The van der Waals surface area contributed by atoms with E-state index in [4.69, 9.17) is 0 Å². The lowest BCUT2D eigenvalue weighted by Crippen LogP contribution is -2.31. The van der Waals surface area contributed by atoms with Crippen molar-refractivity contribution in [1.82, 2.24) is 14.5 Å². The van der Waals surface area contributed by atoms with Crippen molar-refractivity contribution < 1.29 is 9.18 Å². The molecular formula is C21H22FN3OS. The average molecular weight is 383 g/mol. The van der Waals surface area contributed by atoms with Gasteiger partial charge in [0.25, 0.3) is 0 Å². The van der Waals surface area contributed by atoms with E-state index >= 15 is 0 Å². The Morgan fingerprint density at radius 2 is 1.96 bits per heavy atom. The quantitative estimate of drug-likeness (QED) is 0.569. The highest BCUT2D eigenvalue weighted by Crippen LogP contribution is 2.25. The maximum Gasteiger partial charge on any atom is 0.233 e. The fourth-order valence-corrected chi connectivity index (χ4v) is 3.71. The number of halogens is 1. The van der Waals surface area contributed by atoms with Gasteiger partial charge in [0.1, 0.15) is 5.82 Å². The summed E-state index contributed by atoms with van der Waals surface area (Å²) in [4.78, 5) is 18.8. The molecule has 0 unspecified atom stereocenters. The van der Waals surface area contributed by atoms with E-state index in [1.54, 1.807) is 11.0 Å². The number of carbonyl (C=O) groups is 1. The minimum atomic E-state index is -0.285. The standard InChI is InChI=1S/C21H22FN3OS/c1-3-25(14-16-8-7-11-18(22)12-16)20(26)15-27-21-23-13-19(24(21)2)17-9-5-4-6-10-17/h4-13H,3,14-15H2,1-2H3. The van der Waals surface area contributed by atoms with Gasteiger partial charge in [-0.3, -0.25) is 4.79 Å². The van der Waals surface area contributed by atoms with Gasteiger partial charge in [0.05, 0.1) is 17.6 Å². The van der Waals surface area contributed by atoms with Gasteiger partial charge in [-0.1, -0.05) is 54.2 Å². The van der Waals surface area contributed by atoms with E-state index in [1.165, 1.54) is 23.9 Å². The van der Waals surface area contributed by atoms with Gasteiger partial charge in [0.15, 0.2) is 5.16 Å². The fourth-order valence-electron chi connectivity index (χ4n) is 2.85. The Hall–Kier alpha value is -2.60. The van der Waals surface area contributed by atoms with Crippen LogP contribution < -0.4 is 0 Å². The maximum absolute atomic E-state index is 13.4. The monoisotopic (exact) mass is 383 g/mol. The summed E-state index contributed by atoms with van der Waals surface area (Å²) in [6, 6.07) is 16.4. The highest BCUT2D eigenvalue weighted by molar-refractivity contribution is 7.99. The predicted octanol–water partition coefficient (Wildman–Crippen LogP) is 4.37. The van der Waals surface area contributed by atoms with Gasteiger partial charge in [-0.15, -0.1) is 0 Å². The third-order valence-electron chi connectivity index (χ3n) is 4.34. The van der Waals surface area contributed by atoms with E-state index in [0.717, 1.165) is 22.0 Å². The molecule has 3 rings (SSSR count). The lowest BCUT2D eigenvalue weighted by Gasteiger charge is -2.21. The molecule has 4 nitrogen and oxygen atoms in total. The molecule has 1 aromatic heterocycles. The smallest absolute Gasteiger partial charge is 0.233 e. The van der Waals surface area contributed by atoms with Crippen LogP contribution in [0, 0.1) is 5.82 Å². The molecule has 140 valence electrons. The molecule has 3 aromatic rings. The Morgan fingerprint density at radius 3 is 2.67 bits per heavy atom. The second-order valence-corrected chi connectivity index (χ2v) is 7.12. The number of thioether (sulfide) groups is 1. The Bertz CT molecular complexity index is 911. The molecular weight excluding hydrogens is 361 g/mol. The number of imidazole rings is 1. The molecule has 0 aliphatic carbocycles. The number of aromatic nitrogens is 2. The third-order valence-corrected chi connectivity index (χ3v) is 5.37. The van der Waals surface area contributed by atoms with Gasteiger partial charge in [-0.2, -0.15) is 0 Å². The molecule has 1 amide bonds. The summed E-state index contributed by atoms with van der Waals surface area (Å²) in [5, 5.41) is 0.795. The normalized spacial score (nSPS) is 10.8. The minimum absolute atomic E-state index is 0.0102. The van der Waals surface area contributed by atoms with Gasteiger partial charge in [-0.05, 0) is 30.2 Å². The van der Waals surface area contributed by atoms with E-state index < -0.39 is 0 Å². The number of amides is 1. The Kier molecular flexibility index (Phi) is 6.29. The summed E-state index contributed by atoms with van der Waals surface area (Å²) in [7, 11) is 1.95. The van der Waals surface area contributed by atoms with E-state index in [9.17, 15) is 9.18 Å². The molecule has 0 spiro atoms. The molecule has 0 saturated carbocycles. The third kappa shape index (κ3) is 4.77. The van der Waals surface area contributed by atoms with Crippen molar-refractivity contribution >= 4 is 17.7 Å². The number of benzene rings is 2. The molecule has 0 atom stereocenters. The molecule has 0 fully saturated rings. The molecule has 6 heteroatoms. The lowest BCUT2D eigenvalue weighted by atomic mass is 10.2. The zero-order valence-electron chi connectivity index (χ0n) is 15.4. The summed E-state index contributed by atoms with van der Waals surface area (Å²) in [6.45, 7) is 2.91. The molecule has 0 radical (unpaired) electrons. The molecule has 1 heterocycles. The number of rotatable bonds is 7. The molecule has 0 aliphatic rings. The van der Waals surface area contributed by atoms with Crippen LogP contribution in [0.4, 0.5) is 4.39 Å². The summed E-state index contributed by atoms with van der Waals surface area (Å²) >= 11 is 1.41. The van der Waals surface area contributed by atoms with Crippen LogP contribution in [0.5, 0.6) is 0 Å². The Morgan fingerprint density at radius 1 is 1.19 bits per heavy atom. The van der Waals surface area contributed by atoms with E-state index in [2.05, 4.69) is 4.98 Å². The van der Waals surface area contributed by atoms with Crippen molar-refractivity contribution in [2.45, 2.75) is 18.6 Å². The predicted molar refractivity (Wildman–Crippen MR) is 107 cm³/mol. The first kappa shape index (κ1) is 19.2. The first-order valence-corrected chi connectivity index (χ1v) is 9.79. The number of hydrogen-bond donors (Lipinski definition) is 0. The van der Waals surface area contributed by atoms with Gasteiger partial charge in [-0.25, -0.2) is 9.37 Å². The maximum atomic E-state index is 13.4. The summed E-state index contributed by atoms with van der Waals surface area (Å²) in [6.07, 6.45) is 1.83. The molecule has 2 aromatic carbocycles. The zero-order valence-corrected chi connectivity index (χ0v) is 16.2. The highest BCUT2D eigenvalue weighted by atomic mass is 32.2. The summed E-state index contributed by atoms with van der Waals surface area (Å²) < 4.78 is 15.4. The summed E-state index contributed by atoms with van der Waals surface area (Å²) in [5.41, 5.74) is 2.89. The van der Waals surface area contributed by atoms with Crippen LogP contribution in [0.3, 0.4) is 0 Å². The lowest BCUT2D eigenvalue weighted by molar-refractivity contribution is -0.128. The molecule has 0 aliphatic heterocycles. The number of nitrogens with zero attached hydrogens (tertiary/aromatic N) is 3. The molecule has 0 N–H and O–H groups in total. The minimum Gasteiger partial charge on any atom is -0.338 e. The van der Waals surface area contributed by atoms with E-state index in [1.807, 2.05) is 61.1 Å².